The maximum absolute atomic E-state index is 14.6. The van der Waals surface area contributed by atoms with E-state index in [9.17, 15) is 43.8 Å². The fraction of sp³-hybridized carbons (Fsp3) is 0.650. The molecule has 1 aliphatic carbocycles. The number of piperidine rings is 1. The highest BCUT2D eigenvalue weighted by atomic mass is 16.6. The molecule has 432 valence electrons. The summed E-state index contributed by atoms with van der Waals surface area (Å²) in [6.45, 7) is 12.1. The number of hydrogen-bond donors (Lipinski definition) is 3. The van der Waals surface area contributed by atoms with Gasteiger partial charge in [-0.25, -0.2) is 14.4 Å². The summed E-state index contributed by atoms with van der Waals surface area (Å²) in [5.41, 5.74) is 1.21. The number of cyclic esters (lactones) is 1. The number of ether oxygens (including phenoxy) is 7. The van der Waals surface area contributed by atoms with Crippen molar-refractivity contribution in [3.05, 3.63) is 77.9 Å². The molecule has 1 aromatic carbocycles. The molecular weight excluding hydrogens is 1000 g/mol. The zero-order valence-electron chi connectivity index (χ0n) is 47.4. The normalized spacial score (nSPS) is 35.4. The van der Waals surface area contributed by atoms with Gasteiger partial charge in [-0.05, 0) is 119 Å². The van der Waals surface area contributed by atoms with Gasteiger partial charge < -0.3 is 53.6 Å². The van der Waals surface area contributed by atoms with Crippen molar-refractivity contribution < 1.29 is 76.9 Å². The second-order valence-electron chi connectivity index (χ2n) is 22.1. The molecule has 2 bridgehead atoms. The molecule has 18 heteroatoms. The van der Waals surface area contributed by atoms with E-state index in [1.54, 1.807) is 71.2 Å². The number of hydrogen-bond acceptors (Lipinski definition) is 16. The number of amides is 2. The van der Waals surface area contributed by atoms with Gasteiger partial charge in [0, 0.05) is 58.5 Å². The Bertz CT molecular complexity index is 2330. The summed E-state index contributed by atoms with van der Waals surface area (Å²) in [4.78, 5) is 97.9. The number of alkyl carbamates (subject to hydrolysis) is 1. The lowest BCUT2D eigenvalue weighted by molar-refractivity contribution is -0.265. The fourth-order valence-corrected chi connectivity index (χ4v) is 11.2. The lowest BCUT2D eigenvalue weighted by Crippen LogP contribution is -2.61. The number of methoxy groups -OCH3 is 3. The van der Waals surface area contributed by atoms with E-state index in [1.807, 2.05) is 51.2 Å². The number of Topliss-reactive ketones (excluding diaryl/α,β-unsaturated/α-hetero) is 3. The number of carbonyl (C=O) groups is 7. The highest BCUT2D eigenvalue weighted by Gasteiger charge is 2.53. The summed E-state index contributed by atoms with van der Waals surface area (Å²) in [6.07, 6.45) is 8.93. The molecular formula is C60H86N2O16. The molecule has 1 aromatic rings. The lowest BCUT2D eigenvalue weighted by Gasteiger charge is -2.42. The average molecular weight is 1090 g/mol. The van der Waals surface area contributed by atoms with Crippen molar-refractivity contribution in [2.75, 3.05) is 34.4 Å². The van der Waals surface area contributed by atoms with E-state index in [0.29, 0.717) is 69.1 Å². The third-order valence-corrected chi connectivity index (χ3v) is 16.1. The highest BCUT2D eigenvalue weighted by molar-refractivity contribution is 6.39. The maximum atomic E-state index is 14.6. The van der Waals surface area contributed by atoms with Gasteiger partial charge in [-0.1, -0.05) is 89.3 Å². The van der Waals surface area contributed by atoms with Crippen molar-refractivity contribution in [1.29, 1.82) is 0 Å². The Balaban J connectivity index is 1.39. The number of allylic oxidation sites excluding steroid dienone is 6. The van der Waals surface area contributed by atoms with E-state index in [1.165, 1.54) is 14.2 Å². The number of carbonyl (C=O) groups excluding carboxylic acids is 7. The number of esters is 2. The zero-order chi connectivity index (χ0) is 57.3. The molecule has 3 aliphatic heterocycles. The van der Waals surface area contributed by atoms with E-state index >= 15 is 0 Å². The van der Waals surface area contributed by atoms with Crippen LogP contribution in [0.4, 0.5) is 4.79 Å². The third-order valence-electron chi connectivity index (χ3n) is 16.1. The van der Waals surface area contributed by atoms with Crippen molar-refractivity contribution >= 4 is 41.3 Å². The van der Waals surface area contributed by atoms with Gasteiger partial charge >= 0.3 is 18.0 Å². The Morgan fingerprint density at radius 2 is 1.58 bits per heavy atom. The van der Waals surface area contributed by atoms with Gasteiger partial charge in [0.05, 0.1) is 18.3 Å². The molecule has 0 radical (unpaired) electrons. The van der Waals surface area contributed by atoms with E-state index in [4.69, 9.17) is 33.2 Å². The molecule has 78 heavy (non-hydrogen) atoms. The molecule has 2 amide bonds. The Hall–Kier alpha value is -5.37. The van der Waals surface area contributed by atoms with Crippen LogP contribution in [0.3, 0.4) is 0 Å². The first-order chi connectivity index (χ1) is 37.1. The van der Waals surface area contributed by atoms with E-state index < -0.39 is 114 Å². The first kappa shape index (κ1) is 63.5. The van der Waals surface area contributed by atoms with Gasteiger partial charge in [0.2, 0.25) is 5.79 Å². The molecule has 4 aliphatic rings. The largest absolute Gasteiger partial charge is 0.460 e. The smallest absolute Gasteiger partial charge is 0.408 e. The van der Waals surface area contributed by atoms with Gasteiger partial charge in [0.1, 0.15) is 48.5 Å². The lowest BCUT2D eigenvalue weighted by atomic mass is 9.78. The number of para-hydroxylation sites is 1. The van der Waals surface area contributed by atoms with Crippen molar-refractivity contribution in [3.8, 4) is 5.75 Å². The van der Waals surface area contributed by atoms with E-state index in [2.05, 4.69) is 5.32 Å². The van der Waals surface area contributed by atoms with E-state index in [0.717, 1.165) is 10.5 Å². The van der Waals surface area contributed by atoms with Gasteiger partial charge in [0.25, 0.3) is 11.7 Å². The van der Waals surface area contributed by atoms with Crippen LogP contribution in [0.15, 0.2) is 77.9 Å². The summed E-state index contributed by atoms with van der Waals surface area (Å²) >= 11 is 0. The van der Waals surface area contributed by atoms with Crippen LogP contribution in [0.2, 0.25) is 0 Å². The van der Waals surface area contributed by atoms with Gasteiger partial charge in [-0.15, -0.1) is 0 Å². The zero-order valence-corrected chi connectivity index (χ0v) is 47.4. The van der Waals surface area contributed by atoms with Crippen LogP contribution >= 0.6 is 0 Å². The van der Waals surface area contributed by atoms with Crippen molar-refractivity contribution in [3.63, 3.8) is 0 Å². The molecule has 2 saturated heterocycles. The van der Waals surface area contributed by atoms with Gasteiger partial charge in [-0.3, -0.25) is 19.2 Å². The molecule has 18 nitrogen and oxygen atoms in total. The van der Waals surface area contributed by atoms with Crippen LogP contribution in [0, 0.1) is 35.5 Å². The number of nitrogens with zero attached hydrogens (tertiary/aromatic N) is 1. The number of nitrogens with one attached hydrogen (secondary N) is 1. The molecule has 0 aromatic heterocycles. The Kier molecular flexibility index (Phi) is 24.6. The fourth-order valence-electron chi connectivity index (χ4n) is 11.2. The average Bonchev–Trinajstić information content (AvgIpc) is 3.45. The second kappa shape index (κ2) is 30.3. The Labute approximate surface area is 460 Å². The quantitative estimate of drug-likeness (QED) is 0.0888. The first-order valence-corrected chi connectivity index (χ1v) is 27.8. The van der Waals surface area contributed by atoms with Crippen LogP contribution < -0.4 is 10.1 Å². The standard InChI is InChI=1S/C60H86N2O16/c1-36-19-13-11-14-20-37(2)49(72-8)33-45-26-24-42(7)60(71,78-45)56(67)57(68)62-28-18-17-23-46(62)58(69)76-50(34-47(63)38(3)30-41(6)54(66)55(74-10)53(65)40(5)29-36)39(4)31-43-25-27-48(51(32-43)73-9)77-59(70)61-35-52(64)75-44-21-15-12-16-22-44/h11-16,19-22,30,36,38-40,42-43,45-46,48-51,54-55,66,71H,17-18,23-29,31-35H2,1-10H3,(H,61,70)/b14-11+,19-13-,37-20+,41-30+/t36?,38?,39?,40-,42-,43?,45?,46+,48-,49?,50?,51?,54-,55?,60-/m1/s1. The molecule has 1 saturated carbocycles. The second-order valence-corrected chi connectivity index (χ2v) is 22.1. The molecule has 15 atom stereocenters. The summed E-state index contributed by atoms with van der Waals surface area (Å²) in [5, 5.41) is 26.0. The molecule has 9 unspecified atom stereocenters. The SMILES string of the molecule is COC1CC2CC[C@@H](C)[C@@](O)(O2)C(=O)C(=O)N2CCCC[C@H]2C(=O)OC(C(C)CC2CC[C@@H](OC(=O)NCC(=O)Oc3ccccc3)C(OC)C2)CC(=O)C(C)/C=C(\C)[C@@H](O)C(OC)C(=O)[C@H](C)CC(C)\C=C/C=C/C=C/1C. The summed E-state index contributed by atoms with van der Waals surface area (Å²) < 4.78 is 40.7. The van der Waals surface area contributed by atoms with Gasteiger partial charge in [0.15, 0.2) is 5.78 Å². The number of benzene rings is 1. The molecule has 3 fully saturated rings. The topological polar surface area (TPSA) is 240 Å². The number of fused-ring (bicyclic) bond motifs is 3. The predicted octanol–water partition coefficient (Wildman–Crippen LogP) is 7.52. The van der Waals surface area contributed by atoms with Crippen LogP contribution in [-0.2, 0) is 57.2 Å². The molecule has 5 rings (SSSR count). The molecule has 3 N–H and O–H groups in total. The van der Waals surface area contributed by atoms with Crippen molar-refractivity contribution in [2.45, 2.75) is 180 Å². The summed E-state index contributed by atoms with van der Waals surface area (Å²) in [6, 6.07) is 7.24. The van der Waals surface area contributed by atoms with Crippen LogP contribution in [0.25, 0.3) is 0 Å². The van der Waals surface area contributed by atoms with Gasteiger partial charge in [-0.2, -0.15) is 0 Å². The minimum Gasteiger partial charge on any atom is -0.460 e. The number of aliphatic hydroxyl groups excluding tert-OH is 1. The number of aliphatic hydroxyl groups is 2. The van der Waals surface area contributed by atoms with Crippen molar-refractivity contribution in [2.24, 2.45) is 35.5 Å². The summed E-state index contributed by atoms with van der Waals surface area (Å²) in [7, 11) is 4.44. The molecule has 0 spiro atoms. The maximum Gasteiger partial charge on any atom is 0.408 e. The summed E-state index contributed by atoms with van der Waals surface area (Å²) in [5.74, 6) is -8.99. The van der Waals surface area contributed by atoms with E-state index in [-0.39, 0.29) is 49.2 Å². The molecule has 3 heterocycles. The minimum absolute atomic E-state index is 0.00985. The highest BCUT2D eigenvalue weighted by Crippen LogP contribution is 2.38. The Morgan fingerprint density at radius 3 is 2.27 bits per heavy atom. The first-order valence-electron chi connectivity index (χ1n) is 27.8. The van der Waals surface area contributed by atoms with Crippen molar-refractivity contribution in [1.82, 2.24) is 10.2 Å². The Morgan fingerprint density at radius 1 is 0.846 bits per heavy atom. The third kappa shape index (κ3) is 17.6. The van der Waals surface area contributed by atoms with Crippen LogP contribution in [0.5, 0.6) is 5.75 Å². The number of ketones is 3. The number of rotatable bonds is 10. The van der Waals surface area contributed by atoms with Crippen LogP contribution in [-0.4, -0.2) is 145 Å². The monoisotopic (exact) mass is 1090 g/mol. The predicted molar refractivity (Wildman–Crippen MR) is 289 cm³/mol. The minimum atomic E-state index is -2.47. The van der Waals surface area contributed by atoms with Crippen LogP contribution in [0.1, 0.15) is 126 Å².